The molecule has 3 atom stereocenters. The second-order valence-corrected chi connectivity index (χ2v) is 21.0. The first-order chi connectivity index (χ1) is 31.0. The van der Waals surface area contributed by atoms with Gasteiger partial charge in [-0.3, -0.25) is 13.8 Å². The number of hydrogen-bond donors (Lipinski definition) is 3. The summed E-state index contributed by atoms with van der Waals surface area (Å²) in [4.78, 5) is 23.3. The molecule has 0 saturated carbocycles. The van der Waals surface area contributed by atoms with Gasteiger partial charge < -0.3 is 19.8 Å². The number of carbonyl (C=O) groups excluding carboxylic acids is 1. The van der Waals surface area contributed by atoms with Crippen LogP contribution in [0.1, 0.15) is 245 Å². The van der Waals surface area contributed by atoms with Crippen molar-refractivity contribution in [3.8, 4) is 0 Å². The zero-order valence-corrected chi connectivity index (χ0v) is 43.7. The zero-order valence-electron chi connectivity index (χ0n) is 42.8. The Kier molecular flexibility index (Phi) is 45.4. The molecule has 0 aromatic rings. The number of aliphatic hydroxyl groups excluding tert-OH is 1. The van der Waals surface area contributed by atoms with E-state index in [2.05, 4.69) is 67.8 Å². The molecule has 0 aromatic carbocycles. The molecule has 0 spiro atoms. The molecule has 0 radical (unpaired) electrons. The van der Waals surface area contributed by atoms with Crippen LogP contribution in [0.4, 0.5) is 0 Å². The van der Waals surface area contributed by atoms with E-state index < -0.39 is 20.0 Å². The van der Waals surface area contributed by atoms with Crippen molar-refractivity contribution in [1.82, 2.24) is 5.32 Å². The van der Waals surface area contributed by atoms with Crippen LogP contribution in [0.15, 0.2) is 48.6 Å². The van der Waals surface area contributed by atoms with Gasteiger partial charge in [0.1, 0.15) is 13.2 Å². The van der Waals surface area contributed by atoms with Crippen molar-refractivity contribution in [3.63, 3.8) is 0 Å². The average Bonchev–Trinajstić information content (AvgIpc) is 3.25. The summed E-state index contributed by atoms with van der Waals surface area (Å²) in [6, 6.07) is -0.761. The van der Waals surface area contributed by atoms with Crippen LogP contribution in [0.25, 0.3) is 0 Å². The van der Waals surface area contributed by atoms with Gasteiger partial charge in [0.25, 0.3) is 0 Å². The molecule has 64 heavy (non-hydrogen) atoms. The average molecular weight is 922 g/mol. The molecule has 3 N–H and O–H groups in total. The molecule has 0 aliphatic heterocycles. The molecular weight excluding hydrogens is 816 g/mol. The number of hydrogen-bond acceptors (Lipinski definition) is 5. The number of unbranched alkanes of at least 4 members (excludes halogenated alkanes) is 28. The Bertz CT molecular complexity index is 1180. The van der Waals surface area contributed by atoms with Crippen LogP contribution in [0, 0.1) is 0 Å². The number of quaternary nitrogens is 1. The first-order valence-corrected chi connectivity index (χ1v) is 28.5. The molecule has 0 bridgehead atoms. The SMILES string of the molecule is CC/C=C\C/C=C\C/C=C\C/C=C\CCCCCCCCCCCCCCCCC(=O)NC(COP(=O)(O)OCC[N+](C)(C)C)C(O)CCCCCCCCCCCCCCCCC. The van der Waals surface area contributed by atoms with Gasteiger partial charge in [-0.15, -0.1) is 0 Å². The molecule has 1 amide bonds. The van der Waals surface area contributed by atoms with E-state index in [1.54, 1.807) is 0 Å². The van der Waals surface area contributed by atoms with Gasteiger partial charge in [-0.25, -0.2) is 4.57 Å². The minimum atomic E-state index is -4.32. The van der Waals surface area contributed by atoms with Gasteiger partial charge in [0, 0.05) is 6.42 Å². The molecule has 376 valence electrons. The largest absolute Gasteiger partial charge is 0.472 e. The molecule has 0 aliphatic carbocycles. The van der Waals surface area contributed by atoms with Crippen LogP contribution in [-0.2, 0) is 18.4 Å². The van der Waals surface area contributed by atoms with Crippen LogP contribution < -0.4 is 5.32 Å². The van der Waals surface area contributed by atoms with E-state index in [1.807, 2.05) is 21.1 Å². The van der Waals surface area contributed by atoms with Crippen molar-refractivity contribution in [1.29, 1.82) is 0 Å². The first-order valence-electron chi connectivity index (χ1n) is 27.0. The number of nitrogens with zero attached hydrogens (tertiary/aromatic N) is 1. The van der Waals surface area contributed by atoms with E-state index in [-0.39, 0.29) is 19.1 Å². The highest BCUT2D eigenvalue weighted by molar-refractivity contribution is 7.47. The number of rotatable bonds is 49. The number of allylic oxidation sites excluding steroid dienone is 8. The van der Waals surface area contributed by atoms with Gasteiger partial charge in [0.05, 0.1) is 39.9 Å². The highest BCUT2D eigenvalue weighted by Gasteiger charge is 2.28. The summed E-state index contributed by atoms with van der Waals surface area (Å²) in [5.74, 6) is -0.145. The Hall–Kier alpha value is -1.54. The third-order valence-corrected chi connectivity index (χ3v) is 13.1. The van der Waals surface area contributed by atoms with E-state index in [0.29, 0.717) is 23.9 Å². The molecular formula is C55H106N2O6P+. The van der Waals surface area contributed by atoms with E-state index in [4.69, 9.17) is 9.05 Å². The number of phosphoric acid groups is 1. The van der Waals surface area contributed by atoms with Crippen molar-refractivity contribution in [3.05, 3.63) is 48.6 Å². The number of carbonyl (C=O) groups is 1. The lowest BCUT2D eigenvalue weighted by molar-refractivity contribution is -0.870. The Morgan fingerprint density at radius 2 is 0.938 bits per heavy atom. The topological polar surface area (TPSA) is 105 Å². The van der Waals surface area contributed by atoms with Gasteiger partial charge >= 0.3 is 7.82 Å². The fourth-order valence-electron chi connectivity index (χ4n) is 7.86. The molecule has 0 aromatic heterocycles. The smallest absolute Gasteiger partial charge is 0.391 e. The normalized spacial score (nSPS) is 14.4. The van der Waals surface area contributed by atoms with Gasteiger partial charge in [-0.05, 0) is 51.4 Å². The lowest BCUT2D eigenvalue weighted by Gasteiger charge is -2.26. The van der Waals surface area contributed by atoms with Gasteiger partial charge in [0.2, 0.25) is 5.91 Å². The standard InChI is InChI=1S/C55H105N2O6P/c1-6-8-10-12-14-16-18-20-22-23-24-25-26-27-28-29-30-31-32-33-35-37-39-41-43-45-47-49-55(59)56-53(52-63-64(60,61)62-51-50-57(3,4)5)54(58)48-46-44-42-40-38-36-34-21-19-17-15-13-11-9-7-2/h8,10,14,16,20,22,24-25,53-54,58H,6-7,9,11-13,15,17-19,21,23,26-52H2,1-5H3,(H-,56,59,60,61)/p+1/b10-8-,16-14-,22-20-,25-24-. The lowest BCUT2D eigenvalue weighted by atomic mass is 10.0. The maximum Gasteiger partial charge on any atom is 0.472 e. The third-order valence-electron chi connectivity index (χ3n) is 12.1. The van der Waals surface area contributed by atoms with E-state index in [1.165, 1.54) is 154 Å². The van der Waals surface area contributed by atoms with Crippen molar-refractivity contribution < 1.29 is 32.9 Å². The monoisotopic (exact) mass is 922 g/mol. The van der Waals surface area contributed by atoms with Gasteiger partial charge in [0.15, 0.2) is 0 Å². The molecule has 8 nitrogen and oxygen atoms in total. The predicted molar refractivity (Wildman–Crippen MR) is 277 cm³/mol. The first kappa shape index (κ1) is 62.5. The summed E-state index contributed by atoms with van der Waals surface area (Å²) in [7, 11) is 1.62. The van der Waals surface area contributed by atoms with E-state index in [0.717, 1.165) is 64.2 Å². The van der Waals surface area contributed by atoms with E-state index in [9.17, 15) is 19.4 Å². The minimum Gasteiger partial charge on any atom is -0.391 e. The predicted octanol–water partition coefficient (Wildman–Crippen LogP) is 16.0. The molecule has 0 rings (SSSR count). The number of aliphatic hydroxyl groups is 1. The number of nitrogens with one attached hydrogen (secondary N) is 1. The molecule has 3 unspecified atom stereocenters. The fraction of sp³-hybridized carbons (Fsp3) is 0.836. The van der Waals surface area contributed by atoms with Crippen LogP contribution >= 0.6 is 7.82 Å². The summed E-state index contributed by atoms with van der Waals surface area (Å²) >= 11 is 0. The Morgan fingerprint density at radius 1 is 0.547 bits per heavy atom. The number of phosphoric ester groups is 1. The summed E-state index contributed by atoms with van der Waals surface area (Å²) in [5, 5.41) is 14.0. The second-order valence-electron chi connectivity index (χ2n) is 19.6. The summed E-state index contributed by atoms with van der Waals surface area (Å²) in [6.45, 7) is 4.79. The minimum absolute atomic E-state index is 0.0744. The Morgan fingerprint density at radius 3 is 1.38 bits per heavy atom. The Balaban J connectivity index is 4.14. The fourth-order valence-corrected chi connectivity index (χ4v) is 8.60. The van der Waals surface area contributed by atoms with Crippen LogP contribution in [0.5, 0.6) is 0 Å². The van der Waals surface area contributed by atoms with Crippen LogP contribution in [-0.4, -0.2) is 73.4 Å². The van der Waals surface area contributed by atoms with E-state index >= 15 is 0 Å². The number of likely N-dealkylation sites (N-methyl/N-ethyl adjacent to an activating group) is 1. The Labute approximate surface area is 397 Å². The van der Waals surface area contributed by atoms with Crippen molar-refractivity contribution >= 4 is 13.7 Å². The van der Waals surface area contributed by atoms with Crippen molar-refractivity contribution in [2.75, 3.05) is 40.9 Å². The second kappa shape index (κ2) is 46.6. The van der Waals surface area contributed by atoms with Crippen molar-refractivity contribution in [2.24, 2.45) is 0 Å². The maximum atomic E-state index is 13.0. The summed E-state index contributed by atoms with van der Waals surface area (Å²) in [5.41, 5.74) is 0. The summed E-state index contributed by atoms with van der Waals surface area (Å²) < 4.78 is 23.7. The van der Waals surface area contributed by atoms with Crippen LogP contribution in [0.3, 0.4) is 0 Å². The molecule has 0 saturated heterocycles. The van der Waals surface area contributed by atoms with Crippen molar-refractivity contribution in [2.45, 2.75) is 257 Å². The van der Waals surface area contributed by atoms with Crippen LogP contribution in [0.2, 0.25) is 0 Å². The lowest BCUT2D eigenvalue weighted by Crippen LogP contribution is -2.46. The third kappa shape index (κ3) is 48.4. The zero-order chi connectivity index (χ0) is 47.1. The maximum absolute atomic E-state index is 13.0. The molecule has 0 heterocycles. The molecule has 9 heteroatoms. The number of amides is 1. The van der Waals surface area contributed by atoms with Gasteiger partial charge in [-0.2, -0.15) is 0 Å². The molecule has 0 aliphatic rings. The summed E-state index contributed by atoms with van der Waals surface area (Å²) in [6.07, 6.45) is 60.1. The van der Waals surface area contributed by atoms with Gasteiger partial charge in [-0.1, -0.05) is 236 Å². The highest BCUT2D eigenvalue weighted by atomic mass is 31.2. The highest BCUT2D eigenvalue weighted by Crippen LogP contribution is 2.43. The molecule has 0 fully saturated rings. The quantitative estimate of drug-likeness (QED) is 0.0243.